The first-order valence-corrected chi connectivity index (χ1v) is 10.7. The van der Waals surface area contributed by atoms with Crippen LogP contribution in [-0.4, -0.2) is 23.0 Å². The van der Waals surface area contributed by atoms with E-state index in [0.29, 0.717) is 10.6 Å². The number of nitrogens with one attached hydrogen (secondary N) is 1. The van der Waals surface area contributed by atoms with Gasteiger partial charge in [0, 0.05) is 28.2 Å². The molecule has 0 spiro atoms. The fourth-order valence-corrected chi connectivity index (χ4v) is 4.76. The van der Waals surface area contributed by atoms with E-state index in [1.165, 1.54) is 22.7 Å². The lowest BCUT2D eigenvalue weighted by molar-refractivity contribution is 0.0941. The van der Waals surface area contributed by atoms with Crippen LogP contribution in [0.1, 0.15) is 27.6 Å². The van der Waals surface area contributed by atoms with Crippen molar-refractivity contribution in [2.75, 3.05) is 7.11 Å². The highest BCUT2D eigenvalue weighted by Crippen LogP contribution is 2.36. The van der Waals surface area contributed by atoms with Crippen LogP contribution in [0.5, 0.6) is 5.75 Å². The summed E-state index contributed by atoms with van der Waals surface area (Å²) < 4.78 is 5.45. The highest BCUT2D eigenvalue weighted by Gasteiger charge is 2.21. The molecule has 0 aliphatic carbocycles. The molecule has 1 atom stereocenters. The molecular formula is C22H19N3O2S2. The molecule has 0 fully saturated rings. The van der Waals surface area contributed by atoms with Crippen molar-refractivity contribution >= 4 is 28.6 Å². The van der Waals surface area contributed by atoms with Crippen LogP contribution in [0.4, 0.5) is 0 Å². The lowest BCUT2D eigenvalue weighted by atomic mass is 10.2. The molecule has 1 aromatic carbocycles. The van der Waals surface area contributed by atoms with Gasteiger partial charge in [0.2, 0.25) is 0 Å². The van der Waals surface area contributed by atoms with Gasteiger partial charge < -0.3 is 10.1 Å². The molecule has 3 aromatic heterocycles. The molecule has 1 amide bonds. The Morgan fingerprint density at radius 1 is 1.10 bits per heavy atom. The summed E-state index contributed by atoms with van der Waals surface area (Å²) in [6, 6.07) is 15.5. The highest BCUT2D eigenvalue weighted by atomic mass is 32.1. The Kier molecular flexibility index (Phi) is 5.69. The fourth-order valence-electron chi connectivity index (χ4n) is 2.89. The van der Waals surface area contributed by atoms with Crippen LogP contribution in [0, 0.1) is 0 Å². The Hall–Kier alpha value is -3.03. The number of thiophene rings is 1. The standard InChI is InChI=1S/C22H19N3O2S2/c1-14(22-25-17(13-28-22)15-8-10-23-11-9-15)24-21(26)20-18(27-2)12-19(29-20)16-6-4-3-5-7-16/h3-14H,1-2H3,(H,24,26). The Morgan fingerprint density at radius 2 is 1.86 bits per heavy atom. The van der Waals surface area contributed by atoms with Crippen molar-refractivity contribution in [2.24, 2.45) is 0 Å². The predicted octanol–water partition coefficient (Wildman–Crippen LogP) is 5.43. The second kappa shape index (κ2) is 8.55. The summed E-state index contributed by atoms with van der Waals surface area (Å²) in [5.74, 6) is 0.414. The zero-order valence-corrected chi connectivity index (χ0v) is 17.6. The Morgan fingerprint density at radius 3 is 2.59 bits per heavy atom. The molecule has 4 aromatic rings. The zero-order chi connectivity index (χ0) is 20.2. The molecule has 146 valence electrons. The monoisotopic (exact) mass is 421 g/mol. The number of pyridine rings is 1. The third-order valence-corrected chi connectivity index (χ3v) is 6.59. The van der Waals surface area contributed by atoms with Gasteiger partial charge in [-0.25, -0.2) is 4.98 Å². The molecule has 7 heteroatoms. The first kappa shape index (κ1) is 19.3. The number of hydrogen-bond donors (Lipinski definition) is 1. The van der Waals surface area contributed by atoms with Gasteiger partial charge in [0.1, 0.15) is 15.6 Å². The predicted molar refractivity (Wildman–Crippen MR) is 118 cm³/mol. The van der Waals surface area contributed by atoms with Gasteiger partial charge in [-0.15, -0.1) is 22.7 Å². The number of hydrogen-bond acceptors (Lipinski definition) is 6. The number of nitrogens with zero attached hydrogens (tertiary/aromatic N) is 2. The molecule has 3 heterocycles. The van der Waals surface area contributed by atoms with Gasteiger partial charge in [0.15, 0.2) is 0 Å². The van der Waals surface area contributed by atoms with E-state index in [0.717, 1.165) is 26.7 Å². The van der Waals surface area contributed by atoms with E-state index < -0.39 is 0 Å². The van der Waals surface area contributed by atoms with E-state index in [4.69, 9.17) is 4.74 Å². The molecule has 0 bridgehead atoms. The summed E-state index contributed by atoms with van der Waals surface area (Å²) in [6.45, 7) is 1.94. The van der Waals surface area contributed by atoms with Crippen LogP contribution >= 0.6 is 22.7 Å². The zero-order valence-electron chi connectivity index (χ0n) is 16.0. The number of carbonyl (C=O) groups is 1. The fraction of sp³-hybridized carbons (Fsp3) is 0.136. The topological polar surface area (TPSA) is 64.1 Å². The van der Waals surface area contributed by atoms with E-state index >= 15 is 0 Å². The van der Waals surface area contributed by atoms with E-state index in [-0.39, 0.29) is 11.9 Å². The van der Waals surface area contributed by atoms with Crippen LogP contribution in [0.3, 0.4) is 0 Å². The first-order chi connectivity index (χ1) is 14.2. The maximum atomic E-state index is 12.9. The summed E-state index contributed by atoms with van der Waals surface area (Å²) in [5.41, 5.74) is 2.95. The van der Waals surface area contributed by atoms with Crippen molar-refractivity contribution in [2.45, 2.75) is 13.0 Å². The Labute approximate surface area is 177 Å². The number of carbonyl (C=O) groups excluding carboxylic acids is 1. The van der Waals surface area contributed by atoms with Gasteiger partial charge in [-0.05, 0) is 30.7 Å². The number of ether oxygens (including phenoxy) is 1. The normalized spacial score (nSPS) is 11.8. The Bertz CT molecular complexity index is 1110. The number of thiazole rings is 1. The molecule has 0 aliphatic rings. The van der Waals surface area contributed by atoms with Crippen LogP contribution in [-0.2, 0) is 0 Å². The third kappa shape index (κ3) is 4.21. The maximum Gasteiger partial charge on any atom is 0.265 e. The van der Waals surface area contributed by atoms with Crippen molar-refractivity contribution in [1.29, 1.82) is 0 Å². The lowest BCUT2D eigenvalue weighted by Gasteiger charge is -2.11. The average Bonchev–Trinajstić information content (AvgIpc) is 3.43. The van der Waals surface area contributed by atoms with E-state index in [1.807, 2.05) is 60.8 Å². The summed E-state index contributed by atoms with van der Waals surface area (Å²) in [7, 11) is 1.58. The number of aromatic nitrogens is 2. The van der Waals surface area contributed by atoms with Crippen molar-refractivity contribution in [3.63, 3.8) is 0 Å². The van der Waals surface area contributed by atoms with Crippen LogP contribution in [0.15, 0.2) is 66.3 Å². The quantitative estimate of drug-likeness (QED) is 0.451. The molecule has 0 saturated carbocycles. The number of rotatable bonds is 6. The lowest BCUT2D eigenvalue weighted by Crippen LogP contribution is -2.26. The van der Waals surface area contributed by atoms with Crippen LogP contribution in [0.25, 0.3) is 21.7 Å². The number of amides is 1. The summed E-state index contributed by atoms with van der Waals surface area (Å²) in [5, 5.41) is 5.89. The van der Waals surface area contributed by atoms with Gasteiger partial charge in [-0.2, -0.15) is 0 Å². The summed E-state index contributed by atoms with van der Waals surface area (Å²) in [6.07, 6.45) is 3.49. The molecule has 1 unspecified atom stereocenters. The minimum absolute atomic E-state index is 0.165. The first-order valence-electron chi connectivity index (χ1n) is 9.05. The maximum absolute atomic E-state index is 12.9. The molecule has 29 heavy (non-hydrogen) atoms. The molecular weight excluding hydrogens is 402 g/mol. The number of methoxy groups -OCH3 is 1. The second-order valence-corrected chi connectivity index (χ2v) is 8.32. The van der Waals surface area contributed by atoms with Crippen LogP contribution < -0.4 is 10.1 Å². The largest absolute Gasteiger partial charge is 0.495 e. The van der Waals surface area contributed by atoms with Gasteiger partial charge >= 0.3 is 0 Å². The molecule has 0 saturated heterocycles. The molecule has 1 N–H and O–H groups in total. The van der Waals surface area contributed by atoms with Crippen molar-refractivity contribution in [3.8, 4) is 27.4 Å². The second-order valence-electron chi connectivity index (χ2n) is 6.38. The van der Waals surface area contributed by atoms with Gasteiger partial charge in [-0.1, -0.05) is 30.3 Å². The molecule has 4 rings (SSSR count). The minimum Gasteiger partial charge on any atom is -0.495 e. The van der Waals surface area contributed by atoms with Crippen molar-refractivity contribution < 1.29 is 9.53 Å². The van der Waals surface area contributed by atoms with Crippen molar-refractivity contribution in [1.82, 2.24) is 15.3 Å². The third-order valence-electron chi connectivity index (χ3n) is 4.40. The minimum atomic E-state index is -0.213. The Balaban J connectivity index is 1.52. The van der Waals surface area contributed by atoms with Crippen LogP contribution in [0.2, 0.25) is 0 Å². The average molecular weight is 422 g/mol. The van der Waals surface area contributed by atoms with Gasteiger partial charge in [0.25, 0.3) is 5.91 Å². The van der Waals surface area contributed by atoms with E-state index in [9.17, 15) is 4.79 Å². The number of benzene rings is 1. The van der Waals surface area contributed by atoms with E-state index in [2.05, 4.69) is 15.3 Å². The van der Waals surface area contributed by atoms with Gasteiger partial charge in [-0.3, -0.25) is 9.78 Å². The SMILES string of the molecule is COc1cc(-c2ccccc2)sc1C(=O)NC(C)c1nc(-c2ccncc2)cs1. The summed E-state index contributed by atoms with van der Waals surface area (Å²) in [4.78, 5) is 23.2. The van der Waals surface area contributed by atoms with Crippen molar-refractivity contribution in [3.05, 3.63) is 76.2 Å². The van der Waals surface area contributed by atoms with E-state index in [1.54, 1.807) is 19.5 Å². The molecule has 0 aliphatic heterocycles. The molecule has 0 radical (unpaired) electrons. The molecule has 5 nitrogen and oxygen atoms in total. The van der Waals surface area contributed by atoms with Gasteiger partial charge in [0.05, 0.1) is 18.8 Å². The smallest absolute Gasteiger partial charge is 0.265 e. The highest BCUT2D eigenvalue weighted by molar-refractivity contribution is 7.17. The summed E-state index contributed by atoms with van der Waals surface area (Å²) >= 11 is 2.95.